The van der Waals surface area contributed by atoms with Crippen LogP contribution >= 0.6 is 0 Å². The molecule has 0 atom stereocenters. The predicted octanol–water partition coefficient (Wildman–Crippen LogP) is 2.00. The molecule has 0 amide bonds. The lowest BCUT2D eigenvalue weighted by Gasteiger charge is -2.32. The summed E-state index contributed by atoms with van der Waals surface area (Å²) in [5, 5.41) is 0. The lowest BCUT2D eigenvalue weighted by Crippen LogP contribution is -2.41. The minimum Gasteiger partial charge on any atom is -0.493 e. The van der Waals surface area contributed by atoms with Gasteiger partial charge in [-0.05, 0) is 45.3 Å². The minimum atomic E-state index is -0.384. The molecule has 0 spiro atoms. The van der Waals surface area contributed by atoms with E-state index in [1.807, 2.05) is 45.9 Å². The molecule has 1 aliphatic rings. The fourth-order valence-corrected chi connectivity index (χ4v) is 1.98. The van der Waals surface area contributed by atoms with Gasteiger partial charge in [0.2, 0.25) is 0 Å². The molecular formula is C14H21BO4. The molecule has 1 aromatic carbocycles. The van der Waals surface area contributed by atoms with Gasteiger partial charge in [-0.15, -0.1) is 0 Å². The van der Waals surface area contributed by atoms with Crippen molar-refractivity contribution in [3.63, 3.8) is 0 Å². The molecule has 0 saturated carbocycles. The number of hydrogen-bond acceptors (Lipinski definition) is 4. The predicted molar refractivity (Wildman–Crippen MR) is 75.3 cm³/mol. The second-order valence-electron chi connectivity index (χ2n) is 5.70. The molecule has 1 fully saturated rings. The van der Waals surface area contributed by atoms with Crippen LogP contribution in [0.1, 0.15) is 27.7 Å². The van der Waals surface area contributed by atoms with E-state index in [0.29, 0.717) is 11.5 Å². The number of ether oxygens (including phenoxy) is 2. The molecule has 104 valence electrons. The zero-order chi connectivity index (χ0) is 14.3. The van der Waals surface area contributed by atoms with Crippen molar-refractivity contribution in [2.45, 2.75) is 38.9 Å². The average Bonchev–Trinajstić information content (AvgIpc) is 2.57. The summed E-state index contributed by atoms with van der Waals surface area (Å²) in [6, 6.07) is 5.68. The van der Waals surface area contributed by atoms with Gasteiger partial charge in [-0.3, -0.25) is 0 Å². The van der Waals surface area contributed by atoms with Crippen LogP contribution < -0.4 is 14.9 Å². The first kappa shape index (κ1) is 14.2. The fourth-order valence-electron chi connectivity index (χ4n) is 1.98. The van der Waals surface area contributed by atoms with Gasteiger partial charge in [0.05, 0.1) is 25.4 Å². The summed E-state index contributed by atoms with van der Waals surface area (Å²) in [4.78, 5) is 0. The van der Waals surface area contributed by atoms with Crippen molar-refractivity contribution in [2.75, 3.05) is 14.2 Å². The first-order chi connectivity index (χ1) is 8.80. The highest BCUT2D eigenvalue weighted by atomic mass is 16.7. The molecule has 0 N–H and O–H groups in total. The van der Waals surface area contributed by atoms with Crippen molar-refractivity contribution in [1.82, 2.24) is 0 Å². The van der Waals surface area contributed by atoms with Gasteiger partial charge < -0.3 is 18.8 Å². The zero-order valence-corrected chi connectivity index (χ0v) is 12.4. The Bertz CT molecular complexity index is 455. The van der Waals surface area contributed by atoms with Crippen LogP contribution in [0.5, 0.6) is 11.5 Å². The summed E-state index contributed by atoms with van der Waals surface area (Å²) in [5.74, 6) is 1.37. The smallest absolute Gasteiger partial charge is 0.493 e. The standard InChI is InChI=1S/C14H21BO4/c1-13(2)14(3,4)19-15(18-13)10-7-8-11(16-5)12(9-10)17-6/h7-9H,1-6H3. The van der Waals surface area contributed by atoms with Gasteiger partial charge in [0.1, 0.15) is 0 Å². The topological polar surface area (TPSA) is 36.9 Å². The number of hydrogen-bond donors (Lipinski definition) is 0. The Balaban J connectivity index is 2.30. The molecule has 1 saturated heterocycles. The summed E-state index contributed by atoms with van der Waals surface area (Å²) in [7, 11) is 2.85. The van der Waals surface area contributed by atoms with Crippen molar-refractivity contribution in [2.24, 2.45) is 0 Å². The highest BCUT2D eigenvalue weighted by molar-refractivity contribution is 6.62. The summed E-state index contributed by atoms with van der Waals surface area (Å²) in [6.45, 7) is 8.14. The van der Waals surface area contributed by atoms with Gasteiger partial charge in [-0.25, -0.2) is 0 Å². The van der Waals surface area contributed by atoms with Crippen molar-refractivity contribution < 1.29 is 18.8 Å². The molecular weight excluding hydrogens is 243 g/mol. The molecule has 0 aromatic heterocycles. The highest BCUT2D eigenvalue weighted by Crippen LogP contribution is 2.37. The largest absolute Gasteiger partial charge is 0.494 e. The first-order valence-electron chi connectivity index (χ1n) is 6.38. The number of methoxy groups -OCH3 is 2. The molecule has 1 aromatic rings. The Kier molecular flexibility index (Phi) is 3.54. The Hall–Kier alpha value is -1.20. The average molecular weight is 264 g/mol. The summed E-state index contributed by atoms with van der Waals surface area (Å²) >= 11 is 0. The second-order valence-corrected chi connectivity index (χ2v) is 5.70. The molecule has 4 nitrogen and oxygen atoms in total. The third-order valence-electron chi connectivity index (χ3n) is 3.93. The maximum atomic E-state index is 6.00. The Morgan fingerprint density at radius 2 is 1.42 bits per heavy atom. The Morgan fingerprint density at radius 3 is 1.89 bits per heavy atom. The highest BCUT2D eigenvalue weighted by Gasteiger charge is 2.51. The maximum Gasteiger partial charge on any atom is 0.494 e. The van der Waals surface area contributed by atoms with Gasteiger partial charge in [0.25, 0.3) is 0 Å². The van der Waals surface area contributed by atoms with E-state index in [9.17, 15) is 0 Å². The lowest BCUT2D eigenvalue weighted by atomic mass is 9.79. The Morgan fingerprint density at radius 1 is 0.895 bits per heavy atom. The van der Waals surface area contributed by atoms with Crippen LogP contribution in [0, 0.1) is 0 Å². The molecule has 0 aliphatic carbocycles. The van der Waals surface area contributed by atoms with E-state index in [1.165, 1.54) is 0 Å². The van der Waals surface area contributed by atoms with Crippen LogP contribution in [0.15, 0.2) is 18.2 Å². The summed E-state index contributed by atoms with van der Waals surface area (Å²) in [5.41, 5.74) is 0.242. The quantitative estimate of drug-likeness (QED) is 0.782. The van der Waals surface area contributed by atoms with E-state index in [-0.39, 0.29) is 18.3 Å². The van der Waals surface area contributed by atoms with E-state index < -0.39 is 0 Å². The first-order valence-corrected chi connectivity index (χ1v) is 6.38. The van der Waals surface area contributed by atoms with E-state index in [0.717, 1.165) is 5.46 Å². The number of benzene rings is 1. The van der Waals surface area contributed by atoms with E-state index in [4.69, 9.17) is 18.8 Å². The third kappa shape index (κ3) is 2.45. The fraction of sp³-hybridized carbons (Fsp3) is 0.571. The van der Waals surface area contributed by atoms with Gasteiger partial charge in [0.15, 0.2) is 11.5 Å². The van der Waals surface area contributed by atoms with Gasteiger partial charge >= 0.3 is 7.12 Å². The van der Waals surface area contributed by atoms with Crippen LogP contribution in [-0.2, 0) is 9.31 Å². The Labute approximate surface area is 115 Å². The van der Waals surface area contributed by atoms with E-state index >= 15 is 0 Å². The van der Waals surface area contributed by atoms with Gasteiger partial charge in [0, 0.05) is 0 Å². The summed E-state index contributed by atoms with van der Waals surface area (Å²) < 4.78 is 22.5. The van der Waals surface area contributed by atoms with Crippen LogP contribution in [-0.4, -0.2) is 32.5 Å². The SMILES string of the molecule is COc1ccc(B2OC(C)(C)C(C)(C)O2)cc1OC. The molecule has 5 heteroatoms. The van der Waals surface area contributed by atoms with Crippen molar-refractivity contribution >= 4 is 12.6 Å². The van der Waals surface area contributed by atoms with E-state index in [1.54, 1.807) is 14.2 Å². The molecule has 0 bridgehead atoms. The van der Waals surface area contributed by atoms with E-state index in [2.05, 4.69) is 0 Å². The van der Waals surface area contributed by atoms with Crippen molar-refractivity contribution in [1.29, 1.82) is 0 Å². The van der Waals surface area contributed by atoms with Crippen molar-refractivity contribution in [3.8, 4) is 11.5 Å². The van der Waals surface area contributed by atoms with Crippen LogP contribution in [0.3, 0.4) is 0 Å². The molecule has 2 rings (SSSR count). The molecule has 19 heavy (non-hydrogen) atoms. The molecule has 1 aliphatic heterocycles. The van der Waals surface area contributed by atoms with Crippen LogP contribution in [0.2, 0.25) is 0 Å². The third-order valence-corrected chi connectivity index (χ3v) is 3.93. The van der Waals surface area contributed by atoms with Crippen LogP contribution in [0.25, 0.3) is 0 Å². The lowest BCUT2D eigenvalue weighted by molar-refractivity contribution is 0.00578. The zero-order valence-electron chi connectivity index (χ0n) is 12.4. The minimum absolute atomic E-state index is 0.342. The monoisotopic (exact) mass is 264 g/mol. The van der Waals surface area contributed by atoms with Gasteiger partial charge in [-0.2, -0.15) is 0 Å². The maximum absolute atomic E-state index is 6.00. The summed E-state index contributed by atoms with van der Waals surface area (Å²) in [6.07, 6.45) is 0. The number of rotatable bonds is 3. The van der Waals surface area contributed by atoms with Gasteiger partial charge in [-0.1, -0.05) is 6.07 Å². The van der Waals surface area contributed by atoms with Crippen molar-refractivity contribution in [3.05, 3.63) is 18.2 Å². The molecule has 0 radical (unpaired) electrons. The molecule has 1 heterocycles. The second kappa shape index (κ2) is 4.73. The molecule has 0 unspecified atom stereocenters. The normalized spacial score (nSPS) is 20.4. The van der Waals surface area contributed by atoms with Crippen LogP contribution in [0.4, 0.5) is 0 Å².